The normalized spacial score (nSPS) is 28.8. The van der Waals surface area contributed by atoms with Gasteiger partial charge in [0.1, 0.15) is 5.60 Å². The van der Waals surface area contributed by atoms with Crippen LogP contribution in [0.2, 0.25) is 0 Å². The van der Waals surface area contributed by atoms with E-state index in [9.17, 15) is 9.59 Å². The summed E-state index contributed by atoms with van der Waals surface area (Å²) in [5.74, 6) is -1.18. The van der Waals surface area contributed by atoms with E-state index in [-0.39, 0.29) is 17.9 Å². The zero-order valence-corrected chi connectivity index (χ0v) is 17.3. The Labute approximate surface area is 175 Å². The molecule has 1 aromatic carbocycles. The van der Waals surface area contributed by atoms with Gasteiger partial charge in [-0.05, 0) is 37.1 Å². The zero-order chi connectivity index (χ0) is 21.0. The van der Waals surface area contributed by atoms with E-state index >= 15 is 0 Å². The van der Waals surface area contributed by atoms with Gasteiger partial charge in [-0.3, -0.25) is 19.6 Å². The number of hydrogen-bond acceptors (Lipinski definition) is 5. The minimum Gasteiger partial charge on any atom is -0.360 e. The Balaban J connectivity index is 1.42. The van der Waals surface area contributed by atoms with Crippen LogP contribution in [0.4, 0.5) is 5.69 Å². The first-order valence-electron chi connectivity index (χ1n) is 10.2. The van der Waals surface area contributed by atoms with Gasteiger partial charge in [0.05, 0.1) is 42.9 Å². The molecule has 0 aliphatic carbocycles. The van der Waals surface area contributed by atoms with E-state index < -0.39 is 17.4 Å². The van der Waals surface area contributed by atoms with E-state index in [0.29, 0.717) is 18.8 Å². The third-order valence-corrected chi connectivity index (χ3v) is 6.58. The molecule has 154 valence electrons. The highest BCUT2D eigenvalue weighted by Gasteiger charge is 2.67. The number of carbonyl (C=O) groups is 2. The molecule has 4 heterocycles. The molecule has 2 saturated heterocycles. The van der Waals surface area contributed by atoms with E-state index in [1.165, 1.54) is 5.56 Å². The van der Waals surface area contributed by atoms with Crippen LogP contribution in [0.1, 0.15) is 16.8 Å². The van der Waals surface area contributed by atoms with Crippen molar-refractivity contribution in [1.82, 2.24) is 14.9 Å². The predicted octanol–water partition coefficient (Wildman–Crippen LogP) is 2.04. The molecule has 5 rings (SSSR count). The van der Waals surface area contributed by atoms with Crippen molar-refractivity contribution in [1.29, 1.82) is 0 Å². The SMILES string of the molecule is Cc1ccc(N2C[C@]34C=C[C@H](O3)C(C(=O)N(C)Cc3cnccn3)C4C2=O)cc1C. The monoisotopic (exact) mass is 404 g/mol. The molecule has 3 aliphatic rings. The molecule has 2 fully saturated rings. The Hall–Kier alpha value is -3.06. The van der Waals surface area contributed by atoms with Crippen LogP contribution < -0.4 is 4.90 Å². The Morgan fingerprint density at radius 3 is 2.87 bits per heavy atom. The molecule has 0 saturated carbocycles. The van der Waals surface area contributed by atoms with Crippen molar-refractivity contribution in [2.24, 2.45) is 11.8 Å². The van der Waals surface area contributed by atoms with Crippen LogP contribution in [0.25, 0.3) is 0 Å². The fraction of sp³-hybridized carbons (Fsp3) is 0.391. The van der Waals surface area contributed by atoms with Crippen LogP contribution in [0.5, 0.6) is 0 Å². The summed E-state index contributed by atoms with van der Waals surface area (Å²) in [5.41, 5.74) is 3.14. The third-order valence-electron chi connectivity index (χ3n) is 6.58. The molecule has 0 N–H and O–H groups in total. The first-order valence-corrected chi connectivity index (χ1v) is 10.2. The van der Waals surface area contributed by atoms with Gasteiger partial charge in [0.2, 0.25) is 11.8 Å². The van der Waals surface area contributed by atoms with Gasteiger partial charge in [-0.15, -0.1) is 0 Å². The van der Waals surface area contributed by atoms with Gasteiger partial charge in [0.25, 0.3) is 0 Å². The van der Waals surface area contributed by atoms with Gasteiger partial charge in [-0.1, -0.05) is 18.2 Å². The summed E-state index contributed by atoms with van der Waals surface area (Å²) in [6, 6.07) is 6.01. The number of benzene rings is 1. The minimum atomic E-state index is -0.728. The molecule has 7 nitrogen and oxygen atoms in total. The third kappa shape index (κ3) is 2.76. The fourth-order valence-corrected chi connectivity index (χ4v) is 4.88. The van der Waals surface area contributed by atoms with Crippen LogP contribution in [-0.2, 0) is 20.9 Å². The minimum absolute atomic E-state index is 0.0450. The number of rotatable bonds is 4. The van der Waals surface area contributed by atoms with E-state index in [4.69, 9.17) is 4.74 Å². The van der Waals surface area contributed by atoms with Gasteiger partial charge >= 0.3 is 0 Å². The quantitative estimate of drug-likeness (QED) is 0.729. The smallest absolute Gasteiger partial charge is 0.234 e. The topological polar surface area (TPSA) is 75.6 Å². The van der Waals surface area contributed by atoms with Gasteiger partial charge in [0, 0.05) is 25.1 Å². The van der Waals surface area contributed by atoms with Crippen molar-refractivity contribution < 1.29 is 14.3 Å². The number of aryl methyl sites for hydroxylation is 2. The summed E-state index contributed by atoms with van der Waals surface area (Å²) in [6.45, 7) is 4.86. The highest BCUT2D eigenvalue weighted by Crippen LogP contribution is 2.53. The molecule has 30 heavy (non-hydrogen) atoms. The molecule has 2 unspecified atom stereocenters. The molecule has 3 aliphatic heterocycles. The van der Waals surface area contributed by atoms with Crippen molar-refractivity contribution in [2.45, 2.75) is 32.1 Å². The van der Waals surface area contributed by atoms with Crippen molar-refractivity contribution in [3.63, 3.8) is 0 Å². The predicted molar refractivity (Wildman–Crippen MR) is 110 cm³/mol. The molecule has 2 bridgehead atoms. The van der Waals surface area contributed by atoms with E-state index in [0.717, 1.165) is 11.3 Å². The molecule has 2 aromatic rings. The Morgan fingerprint density at radius 1 is 1.30 bits per heavy atom. The van der Waals surface area contributed by atoms with Crippen LogP contribution in [-0.4, -0.2) is 52.0 Å². The second-order valence-electron chi connectivity index (χ2n) is 8.48. The second-order valence-corrected chi connectivity index (χ2v) is 8.48. The number of carbonyl (C=O) groups excluding carboxylic acids is 2. The molecule has 7 heteroatoms. The molecular weight excluding hydrogens is 380 g/mol. The number of hydrogen-bond donors (Lipinski definition) is 0. The van der Waals surface area contributed by atoms with Crippen molar-refractivity contribution in [2.75, 3.05) is 18.5 Å². The Morgan fingerprint density at radius 2 is 2.13 bits per heavy atom. The standard InChI is InChI=1S/C23H24N4O3/c1-14-4-5-17(10-15(14)2)27-13-23-7-6-18(30-23)19(20(23)22(27)29)21(28)26(3)12-16-11-24-8-9-25-16/h4-11,18-20H,12-13H2,1-3H3/t18-,19?,20?,23-/m0/s1. The van der Waals surface area contributed by atoms with Crippen molar-refractivity contribution in [3.05, 3.63) is 65.8 Å². The highest BCUT2D eigenvalue weighted by atomic mass is 16.5. The number of aromatic nitrogens is 2. The summed E-state index contributed by atoms with van der Waals surface area (Å²) in [5, 5.41) is 0. The number of ether oxygens (including phenoxy) is 1. The average molecular weight is 404 g/mol. The summed E-state index contributed by atoms with van der Waals surface area (Å²) < 4.78 is 6.24. The fourth-order valence-electron chi connectivity index (χ4n) is 4.88. The van der Waals surface area contributed by atoms with Crippen molar-refractivity contribution in [3.8, 4) is 0 Å². The average Bonchev–Trinajstić information content (AvgIpc) is 3.38. The lowest BCUT2D eigenvalue weighted by Crippen LogP contribution is -2.44. The second kappa shape index (κ2) is 6.74. The lowest BCUT2D eigenvalue weighted by atomic mass is 9.76. The van der Waals surface area contributed by atoms with Crippen LogP contribution in [0.3, 0.4) is 0 Å². The zero-order valence-electron chi connectivity index (χ0n) is 17.3. The van der Waals surface area contributed by atoms with Crippen LogP contribution in [0.15, 0.2) is 48.9 Å². The van der Waals surface area contributed by atoms with Gasteiger partial charge in [-0.25, -0.2) is 0 Å². The maximum atomic E-state index is 13.5. The molecule has 0 radical (unpaired) electrons. The molecule has 1 aromatic heterocycles. The Kier molecular flexibility index (Phi) is 4.25. The summed E-state index contributed by atoms with van der Waals surface area (Å²) in [4.78, 5) is 38.5. The van der Waals surface area contributed by atoms with Crippen molar-refractivity contribution >= 4 is 17.5 Å². The number of amides is 2. The molecule has 2 amide bonds. The first kappa shape index (κ1) is 18.9. The van der Waals surface area contributed by atoms with Gasteiger partial charge in [0.15, 0.2) is 0 Å². The molecule has 4 atom stereocenters. The Bertz CT molecular complexity index is 1050. The maximum absolute atomic E-state index is 13.5. The summed E-state index contributed by atoms with van der Waals surface area (Å²) in [7, 11) is 1.74. The highest BCUT2D eigenvalue weighted by molar-refractivity contribution is 6.03. The van der Waals surface area contributed by atoms with E-state index in [1.54, 1.807) is 35.4 Å². The van der Waals surface area contributed by atoms with Crippen LogP contribution in [0, 0.1) is 25.7 Å². The van der Waals surface area contributed by atoms with Gasteiger partial charge < -0.3 is 14.5 Å². The first-order chi connectivity index (χ1) is 14.4. The maximum Gasteiger partial charge on any atom is 0.234 e. The molecular formula is C23H24N4O3. The van der Waals surface area contributed by atoms with Crippen LogP contribution >= 0.6 is 0 Å². The summed E-state index contributed by atoms with van der Waals surface area (Å²) >= 11 is 0. The summed E-state index contributed by atoms with van der Waals surface area (Å²) in [6.07, 6.45) is 8.40. The number of nitrogens with zero attached hydrogens (tertiary/aromatic N) is 4. The number of fused-ring (bicyclic) bond motifs is 1. The lowest BCUT2D eigenvalue weighted by Gasteiger charge is -2.27. The largest absolute Gasteiger partial charge is 0.360 e. The number of anilines is 1. The van der Waals surface area contributed by atoms with E-state index in [1.807, 2.05) is 44.2 Å². The lowest BCUT2D eigenvalue weighted by molar-refractivity contribution is -0.139. The van der Waals surface area contributed by atoms with Gasteiger partial charge in [-0.2, -0.15) is 0 Å². The molecule has 1 spiro atoms. The van der Waals surface area contributed by atoms with E-state index in [2.05, 4.69) is 9.97 Å².